The van der Waals surface area contributed by atoms with Gasteiger partial charge in [0.15, 0.2) is 0 Å². The first-order chi connectivity index (χ1) is 11.4. The van der Waals surface area contributed by atoms with E-state index in [0.717, 1.165) is 0 Å². The quantitative estimate of drug-likeness (QED) is 0.469. The standard InChI is InChI=1S/C10H3F15O2/c11-3(2(26)27)1-4(9(20,21)22,10(23,24)25)6(14,15)8(18,19)7(16,17)5(3,12)13/h1H2,(H,26,27). The minimum atomic E-state index is -8.18. The van der Waals surface area contributed by atoms with Gasteiger partial charge in [-0.2, -0.15) is 61.5 Å². The molecule has 0 heterocycles. The lowest BCUT2D eigenvalue weighted by atomic mass is 9.71. The minimum Gasteiger partial charge on any atom is -0.479 e. The van der Waals surface area contributed by atoms with Crippen LogP contribution in [-0.4, -0.2) is 52.8 Å². The van der Waals surface area contributed by atoms with E-state index in [2.05, 4.69) is 0 Å². The molecule has 0 amide bonds. The summed E-state index contributed by atoms with van der Waals surface area (Å²) >= 11 is 0. The molecule has 160 valence electrons. The largest absolute Gasteiger partial charge is 0.479 e. The van der Waals surface area contributed by atoms with E-state index in [-0.39, 0.29) is 0 Å². The summed E-state index contributed by atoms with van der Waals surface area (Å²) in [5, 5.41) is 8.18. The Bertz CT molecular complexity index is 615. The van der Waals surface area contributed by atoms with Crippen molar-refractivity contribution in [2.24, 2.45) is 5.41 Å². The van der Waals surface area contributed by atoms with E-state index in [9.17, 15) is 70.7 Å². The number of halogens is 15. The van der Waals surface area contributed by atoms with Gasteiger partial charge in [0, 0.05) is 6.42 Å². The maximum Gasteiger partial charge on any atom is 0.409 e. The molecule has 1 fully saturated rings. The molecular formula is C10H3F15O2. The number of carboxylic acids is 1. The van der Waals surface area contributed by atoms with Crippen LogP contribution in [0.4, 0.5) is 65.9 Å². The fourth-order valence-electron chi connectivity index (χ4n) is 2.43. The molecule has 27 heavy (non-hydrogen) atoms. The van der Waals surface area contributed by atoms with Crippen LogP contribution >= 0.6 is 0 Å². The summed E-state index contributed by atoms with van der Waals surface area (Å²) in [4.78, 5) is 10.5. The number of hydrogen-bond acceptors (Lipinski definition) is 1. The number of hydrogen-bond donors (Lipinski definition) is 1. The van der Waals surface area contributed by atoms with Crippen LogP contribution in [-0.2, 0) is 4.79 Å². The van der Waals surface area contributed by atoms with Crippen molar-refractivity contribution in [3.05, 3.63) is 0 Å². The second-order valence-corrected chi connectivity index (χ2v) is 5.48. The lowest BCUT2D eigenvalue weighted by Gasteiger charge is -2.44. The predicted octanol–water partition coefficient (Wildman–Crippen LogP) is 4.84. The monoisotopic (exact) mass is 440 g/mol. The Morgan fingerprint density at radius 2 is 0.926 bits per heavy atom. The Morgan fingerprint density at radius 3 is 1.19 bits per heavy atom. The fraction of sp³-hybridized carbons (Fsp3) is 0.900. The Morgan fingerprint density at radius 1 is 0.630 bits per heavy atom. The first kappa shape index (κ1) is 23.5. The lowest BCUT2D eigenvalue weighted by Crippen LogP contribution is -2.70. The van der Waals surface area contributed by atoms with E-state index in [1.54, 1.807) is 0 Å². The maximum atomic E-state index is 14.0. The van der Waals surface area contributed by atoms with Crippen molar-refractivity contribution in [3.63, 3.8) is 0 Å². The van der Waals surface area contributed by atoms with Crippen LogP contribution in [0.5, 0.6) is 0 Å². The molecule has 1 rings (SSSR count). The molecule has 1 saturated carbocycles. The Labute approximate surface area is 136 Å². The van der Waals surface area contributed by atoms with Gasteiger partial charge in [-0.1, -0.05) is 0 Å². The first-order valence-corrected chi connectivity index (χ1v) is 5.97. The smallest absolute Gasteiger partial charge is 0.409 e. The zero-order valence-corrected chi connectivity index (χ0v) is 11.7. The van der Waals surface area contributed by atoms with Crippen LogP contribution in [0.3, 0.4) is 0 Å². The lowest BCUT2D eigenvalue weighted by molar-refractivity contribution is -0.449. The highest BCUT2D eigenvalue weighted by molar-refractivity contribution is 5.79. The third kappa shape index (κ3) is 2.28. The molecular weight excluding hydrogens is 437 g/mol. The van der Waals surface area contributed by atoms with E-state index in [1.165, 1.54) is 0 Å². The van der Waals surface area contributed by atoms with Crippen molar-refractivity contribution >= 4 is 5.97 Å². The molecule has 1 atom stereocenters. The first-order valence-electron chi connectivity index (χ1n) is 5.97. The van der Waals surface area contributed by atoms with Crippen molar-refractivity contribution in [2.45, 2.75) is 48.1 Å². The highest BCUT2D eigenvalue weighted by Gasteiger charge is 3.00. The Hall–Kier alpha value is -1.58. The fourth-order valence-corrected chi connectivity index (χ4v) is 2.43. The van der Waals surface area contributed by atoms with Gasteiger partial charge in [-0.05, 0) is 0 Å². The number of aliphatic carboxylic acids is 1. The number of rotatable bonds is 1. The Balaban J connectivity index is 4.30. The third-order valence-corrected chi connectivity index (χ3v) is 4.03. The van der Waals surface area contributed by atoms with Crippen LogP contribution < -0.4 is 0 Å². The number of alkyl halides is 15. The molecule has 0 aromatic carbocycles. The second kappa shape index (κ2) is 5.27. The minimum absolute atomic E-state index is 4.22. The summed E-state index contributed by atoms with van der Waals surface area (Å²) in [7, 11) is 0. The summed E-state index contributed by atoms with van der Waals surface area (Å²) in [6.45, 7) is 0. The van der Waals surface area contributed by atoms with Crippen molar-refractivity contribution in [1.82, 2.24) is 0 Å². The molecule has 1 aliphatic carbocycles. The van der Waals surface area contributed by atoms with Gasteiger partial charge in [-0.3, -0.25) is 0 Å². The average molecular weight is 440 g/mol. The zero-order chi connectivity index (χ0) is 22.3. The van der Waals surface area contributed by atoms with Crippen LogP contribution in [0.15, 0.2) is 0 Å². The third-order valence-electron chi connectivity index (χ3n) is 4.03. The molecule has 0 saturated heterocycles. The number of carboxylic acid groups (broad SMARTS) is 1. The molecule has 2 nitrogen and oxygen atoms in total. The topological polar surface area (TPSA) is 37.3 Å². The summed E-state index contributed by atoms with van der Waals surface area (Å²) in [5.41, 5.74) is -14.4. The molecule has 0 spiro atoms. The molecule has 0 aromatic heterocycles. The molecule has 1 unspecified atom stereocenters. The van der Waals surface area contributed by atoms with Gasteiger partial charge in [0.25, 0.3) is 5.67 Å². The van der Waals surface area contributed by atoms with Gasteiger partial charge in [0.1, 0.15) is 0 Å². The molecule has 0 aromatic rings. The van der Waals surface area contributed by atoms with Crippen LogP contribution in [0.1, 0.15) is 6.42 Å². The Kier molecular flexibility index (Phi) is 4.58. The van der Waals surface area contributed by atoms with Crippen LogP contribution in [0.2, 0.25) is 0 Å². The van der Waals surface area contributed by atoms with Crippen molar-refractivity contribution in [2.75, 3.05) is 0 Å². The summed E-state index contributed by atoms with van der Waals surface area (Å²) < 4.78 is 198. The van der Waals surface area contributed by atoms with Crippen molar-refractivity contribution in [1.29, 1.82) is 0 Å². The van der Waals surface area contributed by atoms with Gasteiger partial charge < -0.3 is 5.11 Å². The van der Waals surface area contributed by atoms with Gasteiger partial charge in [-0.25, -0.2) is 9.18 Å². The van der Waals surface area contributed by atoms with E-state index in [0.29, 0.717) is 0 Å². The predicted molar refractivity (Wildman–Crippen MR) is 50.4 cm³/mol. The summed E-state index contributed by atoms with van der Waals surface area (Å²) in [6, 6.07) is 0. The summed E-state index contributed by atoms with van der Waals surface area (Å²) in [5.74, 6) is -36.1. The van der Waals surface area contributed by atoms with Gasteiger partial charge in [-0.15, -0.1) is 0 Å². The van der Waals surface area contributed by atoms with Crippen molar-refractivity contribution < 1.29 is 75.8 Å². The van der Waals surface area contributed by atoms with E-state index in [4.69, 9.17) is 5.11 Å². The second-order valence-electron chi connectivity index (χ2n) is 5.48. The van der Waals surface area contributed by atoms with Gasteiger partial charge in [0.2, 0.25) is 5.41 Å². The zero-order valence-electron chi connectivity index (χ0n) is 11.7. The highest BCUT2D eigenvalue weighted by Crippen LogP contribution is 2.73. The van der Waals surface area contributed by atoms with Gasteiger partial charge in [0.05, 0.1) is 0 Å². The molecule has 1 aliphatic rings. The molecule has 0 aliphatic heterocycles. The number of carbonyl (C=O) groups is 1. The molecule has 17 heteroatoms. The van der Waals surface area contributed by atoms with Crippen molar-refractivity contribution in [3.8, 4) is 0 Å². The molecule has 0 radical (unpaired) electrons. The van der Waals surface area contributed by atoms with E-state index in [1.807, 2.05) is 0 Å². The average Bonchev–Trinajstić information content (AvgIpc) is 2.40. The normalized spacial score (nSPS) is 31.8. The summed E-state index contributed by atoms with van der Waals surface area (Å²) in [6.07, 6.45) is -20.3. The maximum absolute atomic E-state index is 14.0. The highest BCUT2D eigenvalue weighted by atomic mass is 19.4. The van der Waals surface area contributed by atoms with E-state index < -0.39 is 59.5 Å². The molecule has 0 bridgehead atoms. The van der Waals surface area contributed by atoms with E-state index >= 15 is 0 Å². The van der Waals surface area contributed by atoms with Gasteiger partial charge >= 0.3 is 42.0 Å². The molecule has 1 N–H and O–H groups in total. The van der Waals surface area contributed by atoms with Crippen LogP contribution in [0.25, 0.3) is 0 Å². The SMILES string of the molecule is O=C(O)C1(F)CC(C(F)(F)F)(C(F)(F)F)C(F)(F)C(F)(F)C(F)(F)C1(F)F. The van der Waals surface area contributed by atoms with Crippen LogP contribution in [0, 0.1) is 5.41 Å².